The molecule has 27 heavy (non-hydrogen) atoms. The quantitative estimate of drug-likeness (QED) is 0.392. The van der Waals surface area contributed by atoms with Gasteiger partial charge in [-0.25, -0.2) is 4.99 Å². The van der Waals surface area contributed by atoms with Gasteiger partial charge < -0.3 is 20.3 Å². The van der Waals surface area contributed by atoms with E-state index in [0.717, 1.165) is 44.5 Å². The largest absolute Gasteiger partial charge is 0.373 e. The monoisotopic (exact) mass is 484 g/mol. The number of hydrogen-bond donors (Lipinski definition) is 2. The van der Waals surface area contributed by atoms with Gasteiger partial charge in [-0.2, -0.15) is 0 Å². The topological polar surface area (TPSA) is 66.0 Å². The molecule has 2 N–H and O–H groups in total. The summed E-state index contributed by atoms with van der Waals surface area (Å²) in [6.07, 6.45) is 6.04. The number of guanidine groups is 1. The molecular formula is C20H29IN4O2. The summed E-state index contributed by atoms with van der Waals surface area (Å²) >= 11 is 0. The van der Waals surface area contributed by atoms with Gasteiger partial charge in [0.25, 0.3) is 0 Å². The smallest absolute Gasteiger partial charge is 0.248 e. The first-order chi connectivity index (χ1) is 12.7. The molecule has 3 unspecified atom stereocenters. The summed E-state index contributed by atoms with van der Waals surface area (Å²) in [6.45, 7) is 3.74. The second-order valence-electron chi connectivity index (χ2n) is 7.33. The van der Waals surface area contributed by atoms with Crippen molar-refractivity contribution in [3.63, 3.8) is 0 Å². The van der Waals surface area contributed by atoms with Gasteiger partial charge in [0, 0.05) is 18.8 Å². The average molecular weight is 484 g/mol. The van der Waals surface area contributed by atoms with Crippen LogP contribution in [0.3, 0.4) is 0 Å². The zero-order valence-corrected chi connectivity index (χ0v) is 18.1. The van der Waals surface area contributed by atoms with Crippen molar-refractivity contribution in [1.82, 2.24) is 10.6 Å². The summed E-state index contributed by atoms with van der Waals surface area (Å²) in [4.78, 5) is 19.2. The Balaban J connectivity index is 0.00000210. The molecule has 0 aromatic heterocycles. The number of nitrogens with one attached hydrogen (secondary N) is 2. The van der Waals surface area contributed by atoms with E-state index in [2.05, 4.69) is 21.7 Å². The average Bonchev–Trinajstić information content (AvgIpc) is 3.28. The standard InChI is InChI=1S/C20H28N4O2.HI/c1-2-21-20(23-16-12-15-9-10-18(16)26-15)22-13-19(25)24-11-5-7-14-6-3-4-8-17(14)24;/h3-4,6,8,15-16,18H,2,5,7,9-13H2,1H3,(H2,21,22,23);1H. The van der Waals surface area contributed by atoms with Crippen LogP contribution in [0.4, 0.5) is 5.69 Å². The lowest BCUT2D eigenvalue weighted by atomic mass is 9.96. The van der Waals surface area contributed by atoms with E-state index in [1.807, 2.05) is 30.0 Å². The molecular weight excluding hydrogens is 455 g/mol. The van der Waals surface area contributed by atoms with E-state index in [1.54, 1.807) is 0 Å². The third-order valence-corrected chi connectivity index (χ3v) is 5.56. The summed E-state index contributed by atoms with van der Waals surface area (Å²) in [5.74, 6) is 0.769. The molecule has 6 nitrogen and oxygen atoms in total. The number of nitrogens with zero attached hydrogens (tertiary/aromatic N) is 2. The number of ether oxygens (including phenoxy) is 1. The van der Waals surface area contributed by atoms with Crippen LogP contribution in [-0.4, -0.2) is 49.8 Å². The highest BCUT2D eigenvalue weighted by Crippen LogP contribution is 2.34. The zero-order chi connectivity index (χ0) is 17.9. The van der Waals surface area contributed by atoms with Crippen LogP contribution in [0, 0.1) is 0 Å². The van der Waals surface area contributed by atoms with Crippen LogP contribution in [-0.2, 0) is 16.0 Å². The maximum absolute atomic E-state index is 12.8. The summed E-state index contributed by atoms with van der Waals surface area (Å²) in [7, 11) is 0. The second-order valence-corrected chi connectivity index (χ2v) is 7.33. The van der Waals surface area contributed by atoms with Gasteiger partial charge in [0.05, 0.1) is 18.2 Å². The van der Waals surface area contributed by atoms with E-state index < -0.39 is 0 Å². The third kappa shape index (κ3) is 4.56. The normalized spacial score (nSPS) is 26.3. The molecule has 0 spiro atoms. The van der Waals surface area contributed by atoms with Crippen molar-refractivity contribution in [2.45, 2.75) is 57.3 Å². The van der Waals surface area contributed by atoms with Crippen LogP contribution in [0.2, 0.25) is 0 Å². The first-order valence-corrected chi connectivity index (χ1v) is 9.83. The Morgan fingerprint density at radius 3 is 2.93 bits per heavy atom. The number of aliphatic imine (C=N–C) groups is 1. The molecule has 4 rings (SSSR count). The third-order valence-electron chi connectivity index (χ3n) is 5.56. The van der Waals surface area contributed by atoms with Crippen molar-refractivity contribution in [2.24, 2.45) is 4.99 Å². The molecule has 2 fully saturated rings. The lowest BCUT2D eigenvalue weighted by molar-refractivity contribution is -0.117. The Morgan fingerprint density at radius 1 is 1.33 bits per heavy atom. The fourth-order valence-corrected chi connectivity index (χ4v) is 4.31. The van der Waals surface area contributed by atoms with Crippen molar-refractivity contribution in [1.29, 1.82) is 0 Å². The Hall–Kier alpha value is -1.35. The van der Waals surface area contributed by atoms with E-state index in [-0.39, 0.29) is 42.5 Å². The summed E-state index contributed by atoms with van der Waals surface area (Å²) in [6, 6.07) is 8.48. The number of rotatable bonds is 4. The fourth-order valence-electron chi connectivity index (χ4n) is 4.31. The Bertz CT molecular complexity index is 696. The number of aryl methyl sites for hydroxylation is 1. The van der Waals surface area contributed by atoms with E-state index in [4.69, 9.17) is 4.74 Å². The molecule has 0 radical (unpaired) electrons. The number of fused-ring (bicyclic) bond motifs is 3. The van der Waals surface area contributed by atoms with Gasteiger partial charge in [-0.15, -0.1) is 24.0 Å². The number of amides is 1. The first kappa shape index (κ1) is 20.4. The van der Waals surface area contributed by atoms with Crippen LogP contribution < -0.4 is 15.5 Å². The number of hydrogen-bond acceptors (Lipinski definition) is 3. The molecule has 2 bridgehead atoms. The van der Waals surface area contributed by atoms with Crippen LogP contribution in [0.5, 0.6) is 0 Å². The second kappa shape index (κ2) is 9.23. The molecule has 3 heterocycles. The van der Waals surface area contributed by atoms with Gasteiger partial charge in [0.15, 0.2) is 5.96 Å². The maximum atomic E-state index is 12.8. The molecule has 1 aromatic carbocycles. The molecule has 3 aliphatic rings. The number of benzene rings is 1. The van der Waals surface area contributed by atoms with Gasteiger partial charge in [0.1, 0.15) is 6.54 Å². The minimum Gasteiger partial charge on any atom is -0.373 e. The molecule has 7 heteroatoms. The van der Waals surface area contributed by atoms with Gasteiger partial charge in [-0.3, -0.25) is 4.79 Å². The molecule has 1 amide bonds. The van der Waals surface area contributed by atoms with Crippen molar-refractivity contribution in [3.8, 4) is 0 Å². The van der Waals surface area contributed by atoms with Gasteiger partial charge in [-0.1, -0.05) is 18.2 Å². The molecule has 0 aliphatic carbocycles. The number of carbonyl (C=O) groups excluding carboxylic acids is 1. The van der Waals surface area contributed by atoms with E-state index in [1.165, 1.54) is 12.0 Å². The lowest BCUT2D eigenvalue weighted by Gasteiger charge is -2.29. The molecule has 148 valence electrons. The van der Waals surface area contributed by atoms with Gasteiger partial charge in [-0.05, 0) is 50.7 Å². The molecule has 3 atom stereocenters. The van der Waals surface area contributed by atoms with Crippen molar-refractivity contribution in [3.05, 3.63) is 29.8 Å². The number of anilines is 1. The van der Waals surface area contributed by atoms with Crippen molar-refractivity contribution < 1.29 is 9.53 Å². The van der Waals surface area contributed by atoms with Crippen LogP contribution in [0.1, 0.15) is 38.2 Å². The first-order valence-electron chi connectivity index (χ1n) is 9.83. The predicted octanol–water partition coefficient (Wildman–Crippen LogP) is 2.46. The van der Waals surface area contributed by atoms with Crippen molar-refractivity contribution in [2.75, 3.05) is 24.5 Å². The van der Waals surface area contributed by atoms with E-state index in [0.29, 0.717) is 18.1 Å². The number of halogens is 1. The highest BCUT2D eigenvalue weighted by Gasteiger charge is 2.41. The summed E-state index contributed by atoms with van der Waals surface area (Å²) < 4.78 is 5.90. The van der Waals surface area contributed by atoms with Gasteiger partial charge >= 0.3 is 0 Å². The summed E-state index contributed by atoms with van der Waals surface area (Å²) in [5.41, 5.74) is 2.29. The molecule has 3 aliphatic heterocycles. The highest BCUT2D eigenvalue weighted by molar-refractivity contribution is 14.0. The van der Waals surface area contributed by atoms with E-state index >= 15 is 0 Å². The highest BCUT2D eigenvalue weighted by atomic mass is 127. The van der Waals surface area contributed by atoms with Crippen LogP contribution >= 0.6 is 24.0 Å². The van der Waals surface area contributed by atoms with Crippen molar-refractivity contribution >= 4 is 41.5 Å². The molecule has 2 saturated heterocycles. The maximum Gasteiger partial charge on any atom is 0.248 e. The van der Waals surface area contributed by atoms with Gasteiger partial charge in [0.2, 0.25) is 5.91 Å². The zero-order valence-electron chi connectivity index (χ0n) is 15.8. The lowest BCUT2D eigenvalue weighted by Crippen LogP contribution is -2.48. The Morgan fingerprint density at radius 2 is 2.19 bits per heavy atom. The SMILES string of the molecule is CCNC(=NCC(=O)N1CCCc2ccccc21)NC1CC2CCC1O2.I. The fraction of sp³-hybridized carbons (Fsp3) is 0.600. The number of para-hydroxylation sites is 1. The molecule has 0 saturated carbocycles. The predicted molar refractivity (Wildman–Crippen MR) is 118 cm³/mol. The Kier molecular flexibility index (Phi) is 6.97. The Labute approximate surface area is 178 Å². The van der Waals surface area contributed by atoms with Crippen LogP contribution in [0.25, 0.3) is 0 Å². The summed E-state index contributed by atoms with van der Waals surface area (Å²) in [5, 5.41) is 6.73. The minimum atomic E-state index is 0. The van der Waals surface area contributed by atoms with E-state index in [9.17, 15) is 4.79 Å². The van der Waals surface area contributed by atoms with Crippen LogP contribution in [0.15, 0.2) is 29.3 Å². The number of carbonyl (C=O) groups is 1. The molecule has 1 aromatic rings. The minimum absolute atomic E-state index is 0.